The van der Waals surface area contributed by atoms with Crippen LogP contribution in [0.4, 0.5) is 0 Å². The number of aliphatic imine (C=N–C) groups is 1. The molecule has 0 fully saturated rings. The Bertz CT molecular complexity index is 597. The molecule has 1 rings (SSSR count). The second-order valence-corrected chi connectivity index (χ2v) is 8.19. The van der Waals surface area contributed by atoms with Gasteiger partial charge in [-0.15, -0.1) is 35.7 Å². The largest absolute Gasteiger partial charge is 0.356 e. The summed E-state index contributed by atoms with van der Waals surface area (Å²) in [6, 6.07) is 7.74. The number of hydrogen-bond acceptors (Lipinski definition) is 4. The maximum Gasteiger partial charge on any atom is 0.208 e. The van der Waals surface area contributed by atoms with Crippen LogP contribution in [0, 0.1) is 0 Å². The van der Waals surface area contributed by atoms with Crippen molar-refractivity contribution in [3.63, 3.8) is 0 Å². The van der Waals surface area contributed by atoms with E-state index in [1.165, 1.54) is 4.90 Å². The van der Waals surface area contributed by atoms with Gasteiger partial charge in [0.15, 0.2) is 5.96 Å². The first-order chi connectivity index (χ1) is 10.9. The number of rotatable bonds is 9. The van der Waals surface area contributed by atoms with Gasteiger partial charge in [-0.2, -0.15) is 0 Å². The SMILES string of the molecule is CN=C(NCCCNS(C)(=O)=O)NCCSc1ccc(Cl)cc1.I. The van der Waals surface area contributed by atoms with Crippen LogP contribution in [0.15, 0.2) is 34.2 Å². The highest BCUT2D eigenvalue weighted by atomic mass is 127. The van der Waals surface area contributed by atoms with Gasteiger partial charge in [0.05, 0.1) is 6.26 Å². The lowest BCUT2D eigenvalue weighted by Crippen LogP contribution is -2.39. The molecule has 0 spiro atoms. The fourth-order valence-corrected chi connectivity index (χ4v) is 3.05. The summed E-state index contributed by atoms with van der Waals surface area (Å²) in [5.74, 6) is 1.61. The summed E-state index contributed by atoms with van der Waals surface area (Å²) < 4.78 is 24.3. The van der Waals surface area contributed by atoms with Gasteiger partial charge < -0.3 is 10.6 Å². The lowest BCUT2D eigenvalue weighted by molar-refractivity contribution is 0.584. The van der Waals surface area contributed by atoms with Crippen LogP contribution in [0.3, 0.4) is 0 Å². The number of benzene rings is 1. The number of sulfonamides is 1. The second kappa shape index (κ2) is 13.0. The van der Waals surface area contributed by atoms with Crippen LogP contribution in [0.5, 0.6) is 0 Å². The molecule has 0 aliphatic carbocycles. The maximum absolute atomic E-state index is 10.9. The third kappa shape index (κ3) is 12.2. The first-order valence-electron chi connectivity index (χ1n) is 7.18. The van der Waals surface area contributed by atoms with Crippen molar-refractivity contribution in [2.24, 2.45) is 4.99 Å². The number of hydrogen-bond donors (Lipinski definition) is 3. The highest BCUT2D eigenvalue weighted by molar-refractivity contribution is 14.0. The molecule has 0 atom stereocenters. The summed E-state index contributed by atoms with van der Waals surface area (Å²) in [5, 5.41) is 7.09. The molecule has 0 bridgehead atoms. The third-order valence-electron chi connectivity index (χ3n) is 2.71. The van der Waals surface area contributed by atoms with Crippen molar-refractivity contribution >= 4 is 63.3 Å². The van der Waals surface area contributed by atoms with E-state index < -0.39 is 10.0 Å². The first kappa shape index (κ1) is 23.8. The topological polar surface area (TPSA) is 82.6 Å². The van der Waals surface area contributed by atoms with E-state index in [0.717, 1.165) is 23.6 Å². The molecule has 6 nitrogen and oxygen atoms in total. The highest BCUT2D eigenvalue weighted by Crippen LogP contribution is 2.19. The summed E-state index contributed by atoms with van der Waals surface area (Å²) in [6.07, 6.45) is 1.84. The molecule has 0 unspecified atom stereocenters. The Morgan fingerprint density at radius 2 is 1.79 bits per heavy atom. The Kier molecular flexibility index (Phi) is 12.9. The van der Waals surface area contributed by atoms with E-state index in [2.05, 4.69) is 20.3 Å². The molecule has 0 aliphatic rings. The molecule has 0 amide bonds. The molecule has 0 saturated carbocycles. The van der Waals surface area contributed by atoms with Crippen LogP contribution in [0.25, 0.3) is 0 Å². The van der Waals surface area contributed by atoms with Gasteiger partial charge in [0.2, 0.25) is 10.0 Å². The van der Waals surface area contributed by atoms with Crippen molar-refractivity contribution in [2.75, 3.05) is 38.7 Å². The van der Waals surface area contributed by atoms with Gasteiger partial charge in [0, 0.05) is 42.4 Å². The highest BCUT2D eigenvalue weighted by Gasteiger charge is 2.00. The molecule has 0 radical (unpaired) electrons. The average Bonchev–Trinajstić information content (AvgIpc) is 2.49. The van der Waals surface area contributed by atoms with Crippen molar-refractivity contribution in [1.82, 2.24) is 15.4 Å². The third-order valence-corrected chi connectivity index (χ3v) is 4.70. The van der Waals surface area contributed by atoms with E-state index in [-0.39, 0.29) is 24.0 Å². The van der Waals surface area contributed by atoms with Crippen LogP contribution in [-0.4, -0.2) is 53.1 Å². The van der Waals surface area contributed by atoms with E-state index in [4.69, 9.17) is 11.6 Å². The zero-order valence-electron chi connectivity index (χ0n) is 13.7. The van der Waals surface area contributed by atoms with E-state index in [1.54, 1.807) is 18.8 Å². The number of halogens is 2. The lowest BCUT2D eigenvalue weighted by Gasteiger charge is -2.11. The van der Waals surface area contributed by atoms with Gasteiger partial charge in [0.1, 0.15) is 0 Å². The maximum atomic E-state index is 10.9. The summed E-state index contributed by atoms with van der Waals surface area (Å²) in [4.78, 5) is 5.29. The Balaban J connectivity index is 0.00000529. The smallest absolute Gasteiger partial charge is 0.208 e. The van der Waals surface area contributed by atoms with Crippen molar-refractivity contribution in [3.8, 4) is 0 Å². The number of nitrogens with one attached hydrogen (secondary N) is 3. The predicted molar refractivity (Wildman–Crippen MR) is 114 cm³/mol. The van der Waals surface area contributed by atoms with Gasteiger partial charge in [-0.3, -0.25) is 4.99 Å². The van der Waals surface area contributed by atoms with Gasteiger partial charge >= 0.3 is 0 Å². The molecule has 0 aliphatic heterocycles. The normalized spacial score (nSPS) is 11.7. The van der Waals surface area contributed by atoms with E-state index in [9.17, 15) is 8.42 Å². The standard InChI is InChI=1S/C14H23ClN4O2S2.HI/c1-16-14(17-8-3-9-19-23(2,20)21)18-10-11-22-13-6-4-12(15)5-7-13;/h4-7,19H,3,8-11H2,1-2H3,(H2,16,17,18);1H. The Morgan fingerprint density at radius 3 is 2.38 bits per heavy atom. The van der Waals surface area contributed by atoms with Crippen LogP contribution in [0.2, 0.25) is 5.02 Å². The average molecular weight is 507 g/mol. The van der Waals surface area contributed by atoms with Gasteiger partial charge in [0.25, 0.3) is 0 Å². The van der Waals surface area contributed by atoms with Gasteiger partial charge in [-0.25, -0.2) is 13.1 Å². The fraction of sp³-hybridized carbons (Fsp3) is 0.500. The fourth-order valence-electron chi connectivity index (χ4n) is 1.64. The van der Waals surface area contributed by atoms with Crippen molar-refractivity contribution < 1.29 is 8.42 Å². The molecule has 24 heavy (non-hydrogen) atoms. The minimum absolute atomic E-state index is 0. The molecule has 3 N–H and O–H groups in total. The van der Waals surface area contributed by atoms with Crippen LogP contribution in [0.1, 0.15) is 6.42 Å². The zero-order valence-corrected chi connectivity index (χ0v) is 18.4. The van der Waals surface area contributed by atoms with Gasteiger partial charge in [-0.1, -0.05) is 11.6 Å². The Labute approximate surface area is 170 Å². The summed E-state index contributed by atoms with van der Waals surface area (Å²) in [5.41, 5.74) is 0. The quantitative estimate of drug-likeness (QED) is 0.157. The molecule has 0 heterocycles. The van der Waals surface area contributed by atoms with E-state index >= 15 is 0 Å². The van der Waals surface area contributed by atoms with Crippen LogP contribution < -0.4 is 15.4 Å². The second-order valence-electron chi connectivity index (χ2n) is 4.75. The molecule has 0 saturated heterocycles. The molecule has 0 aromatic heterocycles. The van der Waals surface area contributed by atoms with E-state index in [1.807, 2.05) is 24.3 Å². The van der Waals surface area contributed by atoms with Crippen LogP contribution in [-0.2, 0) is 10.0 Å². The van der Waals surface area contributed by atoms with Crippen molar-refractivity contribution in [1.29, 1.82) is 0 Å². The Morgan fingerprint density at radius 1 is 1.17 bits per heavy atom. The number of guanidine groups is 1. The van der Waals surface area contributed by atoms with Crippen molar-refractivity contribution in [3.05, 3.63) is 29.3 Å². The Hall–Kier alpha value is -0.230. The summed E-state index contributed by atoms with van der Waals surface area (Å²) in [7, 11) is -1.41. The lowest BCUT2D eigenvalue weighted by atomic mass is 10.4. The molecular weight excluding hydrogens is 483 g/mol. The molecule has 1 aromatic carbocycles. The zero-order chi connectivity index (χ0) is 17.1. The molecular formula is C14H24ClIN4O2S2. The number of thioether (sulfide) groups is 1. The number of nitrogens with zero attached hydrogens (tertiary/aromatic N) is 1. The van der Waals surface area contributed by atoms with E-state index in [0.29, 0.717) is 25.5 Å². The van der Waals surface area contributed by atoms with Gasteiger partial charge in [-0.05, 0) is 30.7 Å². The summed E-state index contributed by atoms with van der Waals surface area (Å²) >= 11 is 7.58. The molecule has 10 heteroatoms. The minimum Gasteiger partial charge on any atom is -0.356 e. The first-order valence-corrected chi connectivity index (χ1v) is 10.4. The summed E-state index contributed by atoms with van der Waals surface area (Å²) in [6.45, 7) is 1.83. The minimum atomic E-state index is -3.11. The van der Waals surface area contributed by atoms with Crippen LogP contribution >= 0.6 is 47.3 Å². The monoisotopic (exact) mass is 506 g/mol. The van der Waals surface area contributed by atoms with Crippen molar-refractivity contribution in [2.45, 2.75) is 11.3 Å². The molecule has 1 aromatic rings. The molecule has 138 valence electrons. The predicted octanol–water partition coefficient (Wildman–Crippen LogP) is 2.15.